The molecule has 0 aromatic heterocycles. The number of Topliss-reactive ketones (excluding diaryl/α,β-unsaturated/α-hetero) is 1. The Hall–Kier alpha value is -1.32. The smallest absolute Gasteiger partial charge is 0.294 e. The van der Waals surface area contributed by atoms with E-state index in [0.717, 1.165) is 31.4 Å². The van der Waals surface area contributed by atoms with Crippen LogP contribution in [0.15, 0.2) is 24.3 Å². The molecule has 2 atom stereocenters. The Bertz CT molecular complexity index is 493. The molecule has 0 radical (unpaired) electrons. The van der Waals surface area contributed by atoms with Gasteiger partial charge in [-0.15, -0.1) is 0 Å². The average molecular weight is 298 g/mol. The largest absolute Gasteiger partial charge is 0.416 e. The predicted molar refractivity (Wildman–Crippen MR) is 76.1 cm³/mol. The summed E-state index contributed by atoms with van der Waals surface area (Å²) in [4.78, 5) is 12.2. The molecule has 21 heavy (non-hydrogen) atoms. The third kappa shape index (κ3) is 4.32. The topological polar surface area (TPSA) is 17.1 Å². The minimum atomic E-state index is -4.39. The Morgan fingerprint density at radius 1 is 1.24 bits per heavy atom. The summed E-state index contributed by atoms with van der Waals surface area (Å²) in [6, 6.07) is 4.79. The molecule has 1 aliphatic rings. The molecule has 0 heterocycles. The summed E-state index contributed by atoms with van der Waals surface area (Å²) >= 11 is 0. The number of carbonyl (C=O) groups excluding carboxylic acids is 1. The molecule has 1 fully saturated rings. The number of hydrogen-bond donors (Lipinski definition) is 0. The maximum Gasteiger partial charge on any atom is 0.416 e. The van der Waals surface area contributed by atoms with E-state index in [1.54, 1.807) is 0 Å². The van der Waals surface area contributed by atoms with Crippen molar-refractivity contribution in [2.45, 2.75) is 51.6 Å². The van der Waals surface area contributed by atoms with Crippen molar-refractivity contribution in [2.24, 2.45) is 11.8 Å². The highest BCUT2D eigenvalue weighted by Gasteiger charge is 2.42. The fraction of sp³-hybridized carbons (Fsp3) is 0.588. The van der Waals surface area contributed by atoms with Crippen molar-refractivity contribution in [1.29, 1.82) is 0 Å². The molecule has 1 aromatic carbocycles. The molecule has 1 saturated carbocycles. The van der Waals surface area contributed by atoms with Crippen LogP contribution in [0, 0.1) is 11.8 Å². The highest BCUT2D eigenvalue weighted by Crippen LogP contribution is 2.44. The predicted octanol–water partition coefficient (Wildman–Crippen LogP) is 5.49. The number of hydrogen-bond acceptors (Lipinski definition) is 1. The van der Waals surface area contributed by atoms with Gasteiger partial charge in [0.25, 0.3) is 0 Å². The first-order valence-corrected chi connectivity index (χ1v) is 7.65. The molecule has 0 spiro atoms. The van der Waals surface area contributed by atoms with Crippen molar-refractivity contribution in [3.63, 3.8) is 0 Å². The quantitative estimate of drug-likeness (QED) is 0.480. The Kier molecular flexibility index (Phi) is 5.07. The van der Waals surface area contributed by atoms with Gasteiger partial charge < -0.3 is 0 Å². The standard InChI is InChI=1S/C17H21F3O/c1-2-3-4-5-7-12-11-15(12)16(21)13-8-6-9-14(10-13)17(18,19)20/h6,8-10,12,15H,2-5,7,11H2,1H3/t12-,15-/m0/s1. The lowest BCUT2D eigenvalue weighted by atomic mass is 10.0. The van der Waals surface area contributed by atoms with Crippen molar-refractivity contribution in [3.05, 3.63) is 35.4 Å². The third-order valence-electron chi connectivity index (χ3n) is 4.16. The summed E-state index contributed by atoms with van der Waals surface area (Å²) in [5.41, 5.74) is -0.542. The zero-order valence-corrected chi connectivity index (χ0v) is 12.2. The van der Waals surface area contributed by atoms with Crippen molar-refractivity contribution in [2.75, 3.05) is 0 Å². The SMILES string of the molecule is CCCCCC[C@H]1C[C@@H]1C(=O)c1cccc(C(F)(F)F)c1. The van der Waals surface area contributed by atoms with Gasteiger partial charge in [0.2, 0.25) is 0 Å². The maximum atomic E-state index is 12.7. The molecule has 0 aliphatic heterocycles. The lowest BCUT2D eigenvalue weighted by Gasteiger charge is -2.08. The number of benzene rings is 1. The molecule has 0 N–H and O–H groups in total. The second-order valence-electron chi connectivity index (χ2n) is 5.89. The second-order valence-corrected chi connectivity index (χ2v) is 5.89. The van der Waals surface area contributed by atoms with E-state index < -0.39 is 11.7 Å². The van der Waals surface area contributed by atoms with Crippen LogP contribution in [0.4, 0.5) is 13.2 Å². The van der Waals surface area contributed by atoms with Gasteiger partial charge in [-0.05, 0) is 30.9 Å². The zero-order chi connectivity index (χ0) is 15.5. The van der Waals surface area contributed by atoms with Crippen LogP contribution in [0.2, 0.25) is 0 Å². The molecule has 0 unspecified atom stereocenters. The normalized spacial score (nSPS) is 21.3. The molecule has 2 rings (SSSR count). The van der Waals surface area contributed by atoms with Gasteiger partial charge in [0, 0.05) is 11.5 Å². The van der Waals surface area contributed by atoms with E-state index in [1.165, 1.54) is 31.4 Å². The summed E-state index contributed by atoms with van der Waals surface area (Å²) in [7, 11) is 0. The lowest BCUT2D eigenvalue weighted by Crippen LogP contribution is -2.09. The van der Waals surface area contributed by atoms with Crippen molar-refractivity contribution < 1.29 is 18.0 Å². The number of carbonyl (C=O) groups is 1. The van der Waals surface area contributed by atoms with Crippen LogP contribution in [0.3, 0.4) is 0 Å². The third-order valence-corrected chi connectivity index (χ3v) is 4.16. The molecule has 0 bridgehead atoms. The fourth-order valence-corrected chi connectivity index (χ4v) is 2.78. The van der Waals surface area contributed by atoms with Crippen LogP contribution in [-0.2, 0) is 6.18 Å². The highest BCUT2D eigenvalue weighted by molar-refractivity contribution is 5.99. The average Bonchev–Trinajstić information content (AvgIpc) is 3.21. The van der Waals surface area contributed by atoms with Crippen LogP contribution < -0.4 is 0 Å². The van der Waals surface area contributed by atoms with E-state index >= 15 is 0 Å². The fourth-order valence-electron chi connectivity index (χ4n) is 2.78. The van der Waals surface area contributed by atoms with Crippen LogP contribution in [0.1, 0.15) is 61.4 Å². The number of halogens is 3. The van der Waals surface area contributed by atoms with Crippen molar-refractivity contribution in [3.8, 4) is 0 Å². The minimum absolute atomic E-state index is 0.0601. The molecule has 1 aromatic rings. The zero-order valence-electron chi connectivity index (χ0n) is 12.2. The molecular formula is C17H21F3O. The van der Waals surface area contributed by atoms with E-state index in [1.807, 2.05) is 0 Å². The summed E-state index contributed by atoms with van der Waals surface area (Å²) < 4.78 is 38.0. The van der Waals surface area contributed by atoms with E-state index in [2.05, 4.69) is 6.92 Å². The molecule has 116 valence electrons. The van der Waals surface area contributed by atoms with Gasteiger partial charge in [0.1, 0.15) is 0 Å². The summed E-state index contributed by atoms with van der Waals surface area (Å²) in [5.74, 6) is 0.195. The summed E-state index contributed by atoms with van der Waals surface area (Å²) in [5, 5.41) is 0. The Morgan fingerprint density at radius 3 is 2.67 bits per heavy atom. The van der Waals surface area contributed by atoms with E-state index in [-0.39, 0.29) is 17.3 Å². The second kappa shape index (κ2) is 6.63. The Morgan fingerprint density at radius 2 is 2.00 bits per heavy atom. The highest BCUT2D eigenvalue weighted by atomic mass is 19.4. The summed E-state index contributed by atoms with van der Waals surface area (Å²) in [6.45, 7) is 2.15. The molecule has 1 nitrogen and oxygen atoms in total. The van der Waals surface area contributed by atoms with E-state index in [0.29, 0.717) is 5.92 Å². The Balaban J connectivity index is 1.90. The van der Waals surface area contributed by atoms with Crippen LogP contribution in [-0.4, -0.2) is 5.78 Å². The number of rotatable bonds is 7. The first-order chi connectivity index (χ1) is 9.93. The van der Waals surface area contributed by atoms with Gasteiger partial charge in [-0.25, -0.2) is 0 Å². The molecule has 4 heteroatoms. The van der Waals surface area contributed by atoms with Gasteiger partial charge in [-0.3, -0.25) is 4.79 Å². The van der Waals surface area contributed by atoms with Crippen molar-refractivity contribution >= 4 is 5.78 Å². The molecular weight excluding hydrogens is 277 g/mol. The van der Waals surface area contributed by atoms with Crippen LogP contribution >= 0.6 is 0 Å². The van der Waals surface area contributed by atoms with Gasteiger partial charge in [0.05, 0.1) is 5.56 Å². The summed E-state index contributed by atoms with van der Waals surface area (Å²) in [6.07, 6.45) is 2.15. The lowest BCUT2D eigenvalue weighted by molar-refractivity contribution is -0.137. The number of ketones is 1. The van der Waals surface area contributed by atoms with Crippen LogP contribution in [0.5, 0.6) is 0 Å². The van der Waals surface area contributed by atoms with E-state index in [4.69, 9.17) is 0 Å². The monoisotopic (exact) mass is 298 g/mol. The number of alkyl halides is 3. The van der Waals surface area contributed by atoms with E-state index in [9.17, 15) is 18.0 Å². The van der Waals surface area contributed by atoms with Crippen molar-refractivity contribution in [1.82, 2.24) is 0 Å². The molecule has 0 amide bonds. The number of unbranched alkanes of at least 4 members (excludes halogenated alkanes) is 3. The first-order valence-electron chi connectivity index (χ1n) is 7.65. The Labute approximate surface area is 123 Å². The van der Waals surface area contributed by atoms with Gasteiger partial charge in [-0.1, -0.05) is 44.7 Å². The minimum Gasteiger partial charge on any atom is -0.294 e. The van der Waals surface area contributed by atoms with Gasteiger partial charge in [-0.2, -0.15) is 13.2 Å². The first kappa shape index (κ1) is 16.1. The molecule has 1 aliphatic carbocycles. The van der Waals surface area contributed by atoms with Crippen LogP contribution in [0.25, 0.3) is 0 Å². The molecule has 0 saturated heterocycles. The van der Waals surface area contributed by atoms with Gasteiger partial charge >= 0.3 is 6.18 Å². The van der Waals surface area contributed by atoms with Gasteiger partial charge in [0.15, 0.2) is 5.78 Å². The maximum absolute atomic E-state index is 12.7.